The van der Waals surface area contributed by atoms with Crippen molar-refractivity contribution >= 4 is 27.8 Å². The molecule has 0 saturated heterocycles. The number of nitrogens with zero attached hydrogens (tertiary/aromatic N) is 2. The van der Waals surface area contributed by atoms with Crippen LogP contribution in [0.5, 0.6) is 5.75 Å². The van der Waals surface area contributed by atoms with Crippen molar-refractivity contribution in [2.45, 2.75) is 59.6 Å². The first kappa shape index (κ1) is 24.5. The average Bonchev–Trinajstić information content (AvgIpc) is 2.68. The van der Waals surface area contributed by atoms with Crippen molar-refractivity contribution in [3.8, 4) is 5.75 Å². The van der Waals surface area contributed by atoms with Gasteiger partial charge in [-0.3, -0.25) is 9.78 Å². The molecule has 178 valence electrons. The summed E-state index contributed by atoms with van der Waals surface area (Å²) >= 11 is 0. The lowest BCUT2D eigenvalue weighted by Crippen LogP contribution is -2.42. The van der Waals surface area contributed by atoms with E-state index in [0.717, 1.165) is 0 Å². The van der Waals surface area contributed by atoms with E-state index in [-0.39, 0.29) is 29.9 Å². The number of nitrogens with one attached hydrogen (secondary N) is 1. The number of ether oxygens (including phenoxy) is 2. The number of fused-ring (bicyclic) bond motifs is 3. The van der Waals surface area contributed by atoms with E-state index in [2.05, 4.69) is 10.3 Å². The summed E-state index contributed by atoms with van der Waals surface area (Å²) in [5.74, 6) is -0.251. The van der Waals surface area contributed by atoms with Crippen molar-refractivity contribution in [3.63, 3.8) is 0 Å². The predicted octanol–water partition coefficient (Wildman–Crippen LogP) is 4.85. The summed E-state index contributed by atoms with van der Waals surface area (Å²) < 4.78 is 27.6. The van der Waals surface area contributed by atoms with Crippen molar-refractivity contribution in [2.24, 2.45) is 13.0 Å². The van der Waals surface area contributed by atoms with Gasteiger partial charge in [0.15, 0.2) is 11.6 Å². The highest BCUT2D eigenvalue weighted by Gasteiger charge is 2.22. The zero-order chi connectivity index (χ0) is 24.5. The number of pyridine rings is 2. The fourth-order valence-electron chi connectivity index (χ4n) is 3.89. The maximum Gasteiger partial charge on any atom is 0.407 e. The van der Waals surface area contributed by atoms with Crippen LogP contribution in [-0.2, 0) is 11.8 Å². The predicted molar refractivity (Wildman–Crippen MR) is 127 cm³/mol. The number of aromatic nitrogens is 2. The van der Waals surface area contributed by atoms with E-state index >= 15 is 4.39 Å². The Bertz CT molecular complexity index is 1240. The number of amides is 1. The summed E-state index contributed by atoms with van der Waals surface area (Å²) in [6.45, 7) is 11.2. The highest BCUT2D eigenvalue weighted by molar-refractivity contribution is 6.06. The molecule has 0 bridgehead atoms. The van der Waals surface area contributed by atoms with E-state index in [9.17, 15) is 9.59 Å². The first-order valence-electron chi connectivity index (χ1n) is 11.1. The minimum Gasteiger partial charge on any atom is -0.488 e. The summed E-state index contributed by atoms with van der Waals surface area (Å²) in [7, 11) is 1.64. The van der Waals surface area contributed by atoms with Gasteiger partial charge in [0.1, 0.15) is 12.2 Å². The smallest absolute Gasteiger partial charge is 0.407 e. The monoisotopic (exact) mass is 457 g/mol. The zero-order valence-electron chi connectivity index (χ0n) is 20.3. The molecular weight excluding hydrogens is 425 g/mol. The second kappa shape index (κ2) is 9.37. The number of rotatable bonds is 6. The van der Waals surface area contributed by atoms with Crippen LogP contribution in [0, 0.1) is 18.7 Å². The Morgan fingerprint density at radius 3 is 2.58 bits per heavy atom. The van der Waals surface area contributed by atoms with Gasteiger partial charge in [-0.15, -0.1) is 0 Å². The Hall–Kier alpha value is -3.16. The molecule has 0 fully saturated rings. The van der Waals surface area contributed by atoms with Crippen LogP contribution < -0.4 is 15.6 Å². The fourth-order valence-corrected chi connectivity index (χ4v) is 3.89. The van der Waals surface area contributed by atoms with Crippen LogP contribution >= 0.6 is 0 Å². The van der Waals surface area contributed by atoms with Gasteiger partial charge in [0, 0.05) is 24.7 Å². The summed E-state index contributed by atoms with van der Waals surface area (Å²) in [5, 5.41) is 4.54. The molecule has 0 spiro atoms. The molecule has 3 rings (SSSR count). The molecule has 8 heteroatoms. The van der Waals surface area contributed by atoms with Gasteiger partial charge < -0.3 is 19.4 Å². The van der Waals surface area contributed by atoms with Gasteiger partial charge in [0.25, 0.3) is 5.56 Å². The molecule has 1 aromatic carbocycles. The van der Waals surface area contributed by atoms with E-state index in [0.29, 0.717) is 33.8 Å². The topological polar surface area (TPSA) is 82.5 Å². The van der Waals surface area contributed by atoms with E-state index in [1.165, 1.54) is 16.7 Å². The number of hydrogen-bond acceptors (Lipinski definition) is 5. The fraction of sp³-hybridized carbons (Fsp3) is 0.480. The highest BCUT2D eigenvalue weighted by atomic mass is 19.1. The van der Waals surface area contributed by atoms with Gasteiger partial charge in [0.2, 0.25) is 0 Å². The quantitative estimate of drug-likeness (QED) is 0.535. The molecule has 2 aromatic heterocycles. The van der Waals surface area contributed by atoms with Crippen molar-refractivity contribution in [1.29, 1.82) is 0 Å². The third-order valence-electron chi connectivity index (χ3n) is 5.28. The van der Waals surface area contributed by atoms with Crippen molar-refractivity contribution in [3.05, 3.63) is 46.3 Å². The number of halogens is 1. The van der Waals surface area contributed by atoms with Gasteiger partial charge in [0.05, 0.1) is 22.6 Å². The van der Waals surface area contributed by atoms with Crippen molar-refractivity contribution in [1.82, 2.24) is 14.9 Å². The molecule has 3 aromatic rings. The number of aryl methyl sites for hydroxylation is 2. The molecule has 7 nitrogen and oxygen atoms in total. The van der Waals surface area contributed by atoms with Crippen LogP contribution in [0.15, 0.2) is 29.2 Å². The molecule has 0 saturated carbocycles. The van der Waals surface area contributed by atoms with Crippen LogP contribution in [0.3, 0.4) is 0 Å². The number of alkyl carbamates (subject to hydrolysis) is 1. The first-order chi connectivity index (χ1) is 15.4. The Morgan fingerprint density at radius 2 is 1.94 bits per heavy atom. The van der Waals surface area contributed by atoms with Crippen molar-refractivity contribution in [2.75, 3.05) is 6.61 Å². The molecule has 1 atom stereocenters. The van der Waals surface area contributed by atoms with E-state index in [1.54, 1.807) is 47.0 Å². The normalized spacial score (nSPS) is 12.9. The minimum atomic E-state index is -0.626. The van der Waals surface area contributed by atoms with Crippen LogP contribution in [-0.4, -0.2) is 33.9 Å². The standard InChI is InChI=1S/C25H32FN3O4/c1-14(2)10-16(28-24(31)33-25(4,5)6)13-32-21-12-20-18(11-19(21)26)17-8-9-27-15(3)22(17)23(30)29(20)7/h8-9,11-12,14,16H,10,13H2,1-7H3,(H,28,31)/t16-/m0/s1. The van der Waals surface area contributed by atoms with Crippen LogP contribution in [0.2, 0.25) is 0 Å². The second-order valence-electron chi connectivity index (χ2n) is 9.77. The van der Waals surface area contributed by atoms with Crippen LogP contribution in [0.4, 0.5) is 9.18 Å². The molecule has 0 aliphatic carbocycles. The van der Waals surface area contributed by atoms with E-state index in [4.69, 9.17) is 9.47 Å². The van der Waals surface area contributed by atoms with E-state index < -0.39 is 17.5 Å². The van der Waals surface area contributed by atoms with Crippen LogP contribution in [0.25, 0.3) is 21.7 Å². The highest BCUT2D eigenvalue weighted by Crippen LogP contribution is 2.29. The maximum absolute atomic E-state index is 15.0. The summed E-state index contributed by atoms with van der Waals surface area (Å²) in [5.41, 5.74) is 0.319. The third kappa shape index (κ3) is 5.61. The minimum absolute atomic E-state index is 0.0161. The molecule has 1 amide bonds. The number of benzene rings is 1. The number of carbonyl (C=O) groups is 1. The Labute approximate surface area is 192 Å². The Morgan fingerprint density at radius 1 is 1.24 bits per heavy atom. The van der Waals surface area contributed by atoms with Gasteiger partial charge in [-0.25, -0.2) is 9.18 Å². The summed E-state index contributed by atoms with van der Waals surface area (Å²) in [6, 6.07) is 4.26. The largest absolute Gasteiger partial charge is 0.488 e. The second-order valence-corrected chi connectivity index (χ2v) is 9.77. The number of hydrogen-bond donors (Lipinski definition) is 1. The van der Waals surface area contributed by atoms with E-state index in [1.807, 2.05) is 13.8 Å². The van der Waals surface area contributed by atoms with Gasteiger partial charge in [-0.2, -0.15) is 0 Å². The molecule has 33 heavy (non-hydrogen) atoms. The zero-order valence-corrected chi connectivity index (χ0v) is 20.3. The van der Waals surface area contributed by atoms with Gasteiger partial charge in [-0.05, 0) is 57.6 Å². The lowest BCUT2D eigenvalue weighted by Gasteiger charge is -2.25. The van der Waals surface area contributed by atoms with Crippen molar-refractivity contribution < 1.29 is 18.7 Å². The lowest BCUT2D eigenvalue weighted by molar-refractivity contribution is 0.0479. The van der Waals surface area contributed by atoms with Crippen LogP contribution in [0.1, 0.15) is 46.7 Å². The Kier molecular flexibility index (Phi) is 6.95. The summed E-state index contributed by atoms with van der Waals surface area (Å²) in [6.07, 6.45) is 1.69. The molecule has 1 N–H and O–H groups in total. The molecule has 2 heterocycles. The maximum atomic E-state index is 15.0. The third-order valence-corrected chi connectivity index (χ3v) is 5.28. The molecule has 0 radical (unpaired) electrons. The Balaban J connectivity index is 1.92. The molecule has 0 aliphatic heterocycles. The molecular formula is C25H32FN3O4. The lowest BCUT2D eigenvalue weighted by atomic mass is 10.0. The first-order valence-corrected chi connectivity index (χ1v) is 11.1. The SMILES string of the molecule is Cc1nccc2c1c(=O)n(C)c1cc(OC[C@H](CC(C)C)NC(=O)OC(C)(C)C)c(F)cc21. The number of carbonyl (C=O) groups excluding carboxylic acids is 1. The van der Waals surface area contributed by atoms with Gasteiger partial charge in [-0.1, -0.05) is 13.8 Å². The molecule has 0 unspecified atom stereocenters. The summed E-state index contributed by atoms with van der Waals surface area (Å²) in [4.78, 5) is 29.3. The molecule has 0 aliphatic rings. The van der Waals surface area contributed by atoms with Gasteiger partial charge >= 0.3 is 6.09 Å². The average molecular weight is 458 g/mol.